The van der Waals surface area contributed by atoms with Gasteiger partial charge in [-0.2, -0.15) is 0 Å². The third-order valence-corrected chi connectivity index (χ3v) is 3.92. The average molecular weight is 265 g/mol. The SMILES string of the molecule is C=C(C)CCNC(=C)[C@H](C)CCCC(C)(C)CCC. The number of hydrogen-bond donors (Lipinski definition) is 1. The van der Waals surface area contributed by atoms with E-state index in [4.69, 9.17) is 0 Å². The fourth-order valence-electron chi connectivity index (χ4n) is 2.47. The molecule has 0 radical (unpaired) electrons. The first kappa shape index (κ1) is 18.3. The fourth-order valence-corrected chi connectivity index (χ4v) is 2.47. The zero-order chi connectivity index (χ0) is 14.9. The fraction of sp³-hybridized carbons (Fsp3) is 0.778. The molecule has 0 aliphatic heterocycles. The van der Waals surface area contributed by atoms with Crippen molar-refractivity contribution in [2.45, 2.75) is 73.1 Å². The molecule has 0 rings (SSSR count). The van der Waals surface area contributed by atoms with E-state index in [1.807, 2.05) is 0 Å². The average Bonchev–Trinajstić information content (AvgIpc) is 2.27. The molecule has 0 amide bonds. The van der Waals surface area contributed by atoms with Gasteiger partial charge in [-0.15, -0.1) is 6.58 Å². The lowest BCUT2D eigenvalue weighted by atomic mass is 9.82. The van der Waals surface area contributed by atoms with Crippen molar-refractivity contribution in [1.82, 2.24) is 5.32 Å². The minimum atomic E-state index is 0.503. The van der Waals surface area contributed by atoms with Crippen molar-refractivity contribution in [1.29, 1.82) is 0 Å². The maximum atomic E-state index is 4.16. The van der Waals surface area contributed by atoms with Gasteiger partial charge in [0.2, 0.25) is 0 Å². The number of nitrogens with one attached hydrogen (secondary N) is 1. The van der Waals surface area contributed by atoms with Gasteiger partial charge in [0.25, 0.3) is 0 Å². The highest BCUT2D eigenvalue weighted by atomic mass is 14.9. The van der Waals surface area contributed by atoms with E-state index >= 15 is 0 Å². The van der Waals surface area contributed by atoms with Crippen LogP contribution in [0, 0.1) is 11.3 Å². The van der Waals surface area contributed by atoms with E-state index in [9.17, 15) is 0 Å². The van der Waals surface area contributed by atoms with Crippen molar-refractivity contribution < 1.29 is 0 Å². The van der Waals surface area contributed by atoms with Crippen molar-refractivity contribution >= 4 is 0 Å². The first-order valence-corrected chi connectivity index (χ1v) is 7.85. The largest absolute Gasteiger partial charge is 0.388 e. The summed E-state index contributed by atoms with van der Waals surface area (Å²) in [4.78, 5) is 0. The molecule has 1 nitrogen and oxygen atoms in total. The Balaban J connectivity index is 3.81. The van der Waals surface area contributed by atoms with Gasteiger partial charge in [0, 0.05) is 12.2 Å². The van der Waals surface area contributed by atoms with Gasteiger partial charge in [-0.05, 0) is 43.9 Å². The zero-order valence-corrected chi connectivity index (χ0v) is 13.9. The van der Waals surface area contributed by atoms with Crippen LogP contribution in [-0.4, -0.2) is 6.54 Å². The summed E-state index contributed by atoms with van der Waals surface area (Å²) in [5, 5.41) is 3.43. The predicted octanol–water partition coefficient (Wildman–Crippen LogP) is 5.69. The molecule has 0 bridgehead atoms. The number of hydrogen-bond acceptors (Lipinski definition) is 1. The second-order valence-corrected chi connectivity index (χ2v) is 6.87. The van der Waals surface area contributed by atoms with Gasteiger partial charge in [0.15, 0.2) is 0 Å². The van der Waals surface area contributed by atoms with E-state index in [0.29, 0.717) is 11.3 Å². The first-order valence-electron chi connectivity index (χ1n) is 7.85. The standard InChI is InChI=1S/C18H35N/c1-8-12-18(6,7)13-9-10-16(4)17(5)19-14-11-15(2)3/h16,19H,2,5,8-14H2,1,3-4,6-7H3/t16-/m1/s1. The summed E-state index contributed by atoms with van der Waals surface area (Å²) in [5.41, 5.74) is 2.92. The van der Waals surface area contributed by atoms with Crippen LogP contribution in [0.3, 0.4) is 0 Å². The molecule has 0 aromatic rings. The molecule has 0 aromatic heterocycles. The molecule has 1 atom stereocenters. The molecule has 0 fully saturated rings. The Kier molecular flexibility index (Phi) is 8.88. The van der Waals surface area contributed by atoms with Crippen LogP contribution in [0.4, 0.5) is 0 Å². The highest BCUT2D eigenvalue weighted by molar-refractivity contribution is 4.98. The quantitative estimate of drug-likeness (QED) is 0.473. The van der Waals surface area contributed by atoms with Crippen molar-refractivity contribution in [2.75, 3.05) is 6.54 Å². The van der Waals surface area contributed by atoms with Crippen molar-refractivity contribution in [3.8, 4) is 0 Å². The van der Waals surface area contributed by atoms with Crippen LogP contribution in [0.1, 0.15) is 73.1 Å². The van der Waals surface area contributed by atoms with Crippen molar-refractivity contribution in [3.05, 3.63) is 24.4 Å². The molecule has 0 aliphatic rings. The van der Waals surface area contributed by atoms with E-state index < -0.39 is 0 Å². The molecule has 112 valence electrons. The smallest absolute Gasteiger partial charge is 0.0180 e. The molecule has 0 aromatic carbocycles. The van der Waals surface area contributed by atoms with Gasteiger partial charge in [0.05, 0.1) is 0 Å². The molecule has 1 heteroatoms. The van der Waals surface area contributed by atoms with Crippen LogP contribution in [0.2, 0.25) is 0 Å². The Labute approximate surface area is 121 Å². The normalized spacial score (nSPS) is 13.1. The van der Waals surface area contributed by atoms with E-state index in [2.05, 4.69) is 53.1 Å². The molecular formula is C18H35N. The molecule has 0 saturated heterocycles. The molecule has 0 spiro atoms. The van der Waals surface area contributed by atoms with Crippen LogP contribution >= 0.6 is 0 Å². The third-order valence-electron chi connectivity index (χ3n) is 3.92. The summed E-state index contributed by atoms with van der Waals surface area (Å²) in [6.45, 7) is 20.5. The maximum Gasteiger partial charge on any atom is 0.0180 e. The molecular weight excluding hydrogens is 230 g/mol. The van der Waals surface area contributed by atoms with E-state index in [-0.39, 0.29) is 0 Å². The highest BCUT2D eigenvalue weighted by Crippen LogP contribution is 2.30. The van der Waals surface area contributed by atoms with Crippen molar-refractivity contribution in [2.24, 2.45) is 11.3 Å². The maximum absolute atomic E-state index is 4.16. The van der Waals surface area contributed by atoms with Crippen LogP contribution in [-0.2, 0) is 0 Å². The second kappa shape index (κ2) is 9.23. The summed E-state index contributed by atoms with van der Waals surface area (Å²) in [6.07, 6.45) is 7.53. The minimum Gasteiger partial charge on any atom is -0.388 e. The molecule has 0 aliphatic carbocycles. The molecule has 0 saturated carbocycles. The third kappa shape index (κ3) is 9.81. The van der Waals surface area contributed by atoms with Crippen LogP contribution < -0.4 is 5.32 Å². The van der Waals surface area contributed by atoms with Gasteiger partial charge < -0.3 is 5.32 Å². The van der Waals surface area contributed by atoms with Gasteiger partial charge >= 0.3 is 0 Å². The molecule has 0 unspecified atom stereocenters. The number of allylic oxidation sites excluding steroid dienone is 1. The Hall–Kier alpha value is -0.720. The van der Waals surface area contributed by atoms with Crippen molar-refractivity contribution in [3.63, 3.8) is 0 Å². The summed E-state index contributed by atoms with van der Waals surface area (Å²) >= 11 is 0. The Bertz CT molecular complexity index is 275. The van der Waals surface area contributed by atoms with Crippen LogP contribution in [0.15, 0.2) is 24.4 Å². The Morgan fingerprint density at radius 2 is 1.84 bits per heavy atom. The molecule has 1 N–H and O–H groups in total. The monoisotopic (exact) mass is 265 g/mol. The number of rotatable bonds is 11. The minimum absolute atomic E-state index is 0.503. The van der Waals surface area contributed by atoms with E-state index in [0.717, 1.165) is 13.0 Å². The lowest BCUT2D eigenvalue weighted by Crippen LogP contribution is -2.20. The summed E-state index contributed by atoms with van der Waals surface area (Å²) < 4.78 is 0. The lowest BCUT2D eigenvalue weighted by Gasteiger charge is -2.25. The summed E-state index contributed by atoms with van der Waals surface area (Å²) in [6, 6.07) is 0. The molecule has 19 heavy (non-hydrogen) atoms. The molecule has 0 heterocycles. The predicted molar refractivity (Wildman–Crippen MR) is 88.3 cm³/mol. The zero-order valence-electron chi connectivity index (χ0n) is 13.9. The Morgan fingerprint density at radius 1 is 1.21 bits per heavy atom. The van der Waals surface area contributed by atoms with Crippen LogP contribution in [0.5, 0.6) is 0 Å². The summed E-state index contributed by atoms with van der Waals surface area (Å²) in [7, 11) is 0. The summed E-state index contributed by atoms with van der Waals surface area (Å²) in [5.74, 6) is 0.572. The van der Waals surface area contributed by atoms with Crippen LogP contribution in [0.25, 0.3) is 0 Å². The highest BCUT2D eigenvalue weighted by Gasteiger charge is 2.16. The van der Waals surface area contributed by atoms with Gasteiger partial charge in [-0.1, -0.05) is 52.7 Å². The van der Waals surface area contributed by atoms with Gasteiger partial charge in [-0.25, -0.2) is 0 Å². The van der Waals surface area contributed by atoms with E-state index in [1.54, 1.807) is 0 Å². The Morgan fingerprint density at radius 3 is 2.37 bits per heavy atom. The second-order valence-electron chi connectivity index (χ2n) is 6.87. The first-order chi connectivity index (χ1) is 8.78. The van der Waals surface area contributed by atoms with E-state index in [1.165, 1.54) is 43.4 Å². The van der Waals surface area contributed by atoms with Gasteiger partial charge in [-0.3, -0.25) is 0 Å². The van der Waals surface area contributed by atoms with Gasteiger partial charge in [0.1, 0.15) is 0 Å². The lowest BCUT2D eigenvalue weighted by molar-refractivity contribution is 0.286. The topological polar surface area (TPSA) is 12.0 Å².